The summed E-state index contributed by atoms with van der Waals surface area (Å²) in [5, 5.41) is 15.7. The van der Waals surface area contributed by atoms with Crippen LogP contribution in [0.3, 0.4) is 0 Å². The Morgan fingerprint density at radius 1 is 1.50 bits per heavy atom. The van der Waals surface area contributed by atoms with Crippen molar-refractivity contribution in [3.05, 3.63) is 41.9 Å². The number of aromatic nitrogens is 5. The molecule has 3 aromatic heterocycles. The quantitative estimate of drug-likeness (QED) is 0.462. The van der Waals surface area contributed by atoms with Crippen molar-refractivity contribution in [2.24, 2.45) is 0 Å². The average molecular weight is 359 g/mol. The van der Waals surface area contributed by atoms with Crippen LogP contribution in [0.25, 0.3) is 10.7 Å². The van der Waals surface area contributed by atoms with Crippen LogP contribution in [-0.4, -0.2) is 24.9 Å². The van der Waals surface area contributed by atoms with E-state index in [1.165, 1.54) is 12.8 Å². The number of allylic oxidation sites excluding steroid dienone is 1. The van der Waals surface area contributed by atoms with Gasteiger partial charge in [-0.15, -0.1) is 28.1 Å². The van der Waals surface area contributed by atoms with E-state index in [1.807, 2.05) is 30.5 Å². The fourth-order valence-corrected chi connectivity index (χ4v) is 3.99. The van der Waals surface area contributed by atoms with Crippen LogP contribution in [0.15, 0.2) is 39.8 Å². The molecule has 1 fully saturated rings. The second-order valence-electron chi connectivity index (χ2n) is 5.71. The highest BCUT2D eigenvalue weighted by Gasteiger charge is 2.31. The molecule has 0 spiro atoms. The van der Waals surface area contributed by atoms with Gasteiger partial charge in [-0.05, 0) is 31.2 Å². The molecule has 1 aliphatic carbocycles. The van der Waals surface area contributed by atoms with E-state index in [2.05, 4.69) is 31.5 Å². The molecule has 0 saturated heterocycles. The smallest absolute Gasteiger partial charge is 0.240 e. The summed E-state index contributed by atoms with van der Waals surface area (Å²) in [5.41, 5.74) is 0. The number of nitrogens with zero attached hydrogens (tertiary/aromatic N) is 5. The topological polar surface area (TPSA) is 69.6 Å². The molecule has 1 aliphatic rings. The maximum Gasteiger partial charge on any atom is 0.240 e. The van der Waals surface area contributed by atoms with E-state index in [4.69, 9.17) is 4.52 Å². The molecule has 3 aromatic rings. The average Bonchev–Trinajstić information content (AvgIpc) is 3.01. The summed E-state index contributed by atoms with van der Waals surface area (Å²) in [5.74, 6) is 2.86. The lowest BCUT2D eigenvalue weighted by Gasteiger charge is -2.09. The first-order valence-electron chi connectivity index (χ1n) is 7.84. The highest BCUT2D eigenvalue weighted by molar-refractivity contribution is 7.99. The zero-order chi connectivity index (χ0) is 16.5. The van der Waals surface area contributed by atoms with E-state index in [0.717, 1.165) is 22.4 Å². The zero-order valence-corrected chi connectivity index (χ0v) is 14.9. The molecule has 1 atom stereocenters. The van der Waals surface area contributed by atoms with Crippen LogP contribution < -0.4 is 0 Å². The molecule has 4 rings (SSSR count). The van der Waals surface area contributed by atoms with E-state index in [0.29, 0.717) is 17.6 Å². The van der Waals surface area contributed by atoms with Gasteiger partial charge in [0.2, 0.25) is 11.7 Å². The van der Waals surface area contributed by atoms with Gasteiger partial charge in [0.05, 0.1) is 10.1 Å². The maximum atomic E-state index is 5.44. The molecule has 6 nitrogen and oxygen atoms in total. The lowest BCUT2D eigenvalue weighted by Crippen LogP contribution is -2.03. The van der Waals surface area contributed by atoms with E-state index < -0.39 is 0 Å². The van der Waals surface area contributed by atoms with E-state index >= 15 is 0 Å². The number of hydrogen-bond acceptors (Lipinski definition) is 7. The minimum absolute atomic E-state index is 0.00558. The first-order chi connectivity index (χ1) is 11.8. The van der Waals surface area contributed by atoms with Gasteiger partial charge in [0, 0.05) is 12.5 Å². The van der Waals surface area contributed by atoms with Gasteiger partial charge in [-0.3, -0.25) is 0 Å². The summed E-state index contributed by atoms with van der Waals surface area (Å²) in [6, 6.07) is 3.96. The highest BCUT2D eigenvalue weighted by Crippen LogP contribution is 2.41. The largest absolute Gasteiger partial charge is 0.338 e. The normalized spacial score (nSPS) is 15.5. The molecular weight excluding hydrogens is 342 g/mol. The summed E-state index contributed by atoms with van der Waals surface area (Å²) in [4.78, 5) is 5.52. The molecular formula is C16H17N5OS2. The minimum Gasteiger partial charge on any atom is -0.338 e. The number of thioether (sulfide) groups is 1. The summed E-state index contributed by atoms with van der Waals surface area (Å²) in [6.07, 6.45) is 4.28. The summed E-state index contributed by atoms with van der Waals surface area (Å²) >= 11 is 3.19. The highest BCUT2D eigenvalue weighted by atomic mass is 32.2. The fourth-order valence-electron chi connectivity index (χ4n) is 2.45. The minimum atomic E-state index is 0.00558. The molecule has 0 bridgehead atoms. The maximum absolute atomic E-state index is 5.44. The molecule has 0 aliphatic heterocycles. The van der Waals surface area contributed by atoms with Crippen molar-refractivity contribution in [2.45, 2.75) is 42.6 Å². The Labute approximate surface area is 148 Å². The monoisotopic (exact) mass is 359 g/mol. The lowest BCUT2D eigenvalue weighted by molar-refractivity contribution is 0.380. The Morgan fingerprint density at radius 3 is 3.08 bits per heavy atom. The first kappa shape index (κ1) is 15.6. The van der Waals surface area contributed by atoms with Crippen LogP contribution in [0.1, 0.15) is 42.6 Å². The van der Waals surface area contributed by atoms with Crippen molar-refractivity contribution in [2.75, 3.05) is 0 Å². The Balaban J connectivity index is 1.54. The molecule has 0 N–H and O–H groups in total. The van der Waals surface area contributed by atoms with Gasteiger partial charge in [-0.1, -0.05) is 29.1 Å². The van der Waals surface area contributed by atoms with Crippen molar-refractivity contribution in [3.63, 3.8) is 0 Å². The van der Waals surface area contributed by atoms with Gasteiger partial charge >= 0.3 is 0 Å². The van der Waals surface area contributed by atoms with E-state index in [-0.39, 0.29) is 5.25 Å². The standard InChI is InChI=1S/C16H17N5OS2/c1-3-8-21-14(11-6-7-11)18-19-16(21)24-10(2)15-17-13(20-22-15)12-5-4-9-23-12/h3-5,9-11H,1,6-8H2,2H3. The fraction of sp³-hybridized carbons (Fsp3) is 0.375. The third-order valence-corrected chi connectivity index (χ3v) is 5.75. The van der Waals surface area contributed by atoms with Crippen LogP contribution in [0.5, 0.6) is 0 Å². The Hall–Kier alpha value is -1.93. The Bertz CT molecular complexity index is 835. The number of rotatable bonds is 7. The molecule has 0 radical (unpaired) electrons. The van der Waals surface area contributed by atoms with Crippen LogP contribution in [0.2, 0.25) is 0 Å². The SMILES string of the molecule is C=CCn1c(SC(C)c2nc(-c3cccs3)no2)nnc1C1CC1. The van der Waals surface area contributed by atoms with Crippen LogP contribution in [0.4, 0.5) is 0 Å². The molecule has 24 heavy (non-hydrogen) atoms. The Morgan fingerprint density at radius 2 is 2.38 bits per heavy atom. The molecule has 1 unspecified atom stereocenters. The van der Waals surface area contributed by atoms with Crippen molar-refractivity contribution < 1.29 is 4.52 Å². The second kappa shape index (κ2) is 6.52. The molecule has 0 amide bonds. The van der Waals surface area contributed by atoms with Crippen molar-refractivity contribution >= 4 is 23.1 Å². The van der Waals surface area contributed by atoms with Gasteiger partial charge in [0.25, 0.3) is 0 Å². The van der Waals surface area contributed by atoms with E-state index in [9.17, 15) is 0 Å². The number of hydrogen-bond donors (Lipinski definition) is 0. The van der Waals surface area contributed by atoms with Gasteiger partial charge in [-0.2, -0.15) is 4.98 Å². The van der Waals surface area contributed by atoms with Crippen LogP contribution in [-0.2, 0) is 6.54 Å². The molecule has 8 heteroatoms. The third-order valence-electron chi connectivity index (χ3n) is 3.81. The number of thiophene rings is 1. The molecule has 0 aromatic carbocycles. The molecule has 3 heterocycles. The van der Waals surface area contributed by atoms with Crippen molar-refractivity contribution in [3.8, 4) is 10.7 Å². The third kappa shape index (κ3) is 3.03. The van der Waals surface area contributed by atoms with Gasteiger partial charge < -0.3 is 9.09 Å². The predicted molar refractivity (Wildman–Crippen MR) is 94.1 cm³/mol. The summed E-state index contributed by atoms with van der Waals surface area (Å²) in [6.45, 7) is 6.60. The van der Waals surface area contributed by atoms with Crippen molar-refractivity contribution in [1.29, 1.82) is 0 Å². The van der Waals surface area contributed by atoms with Gasteiger partial charge in [-0.25, -0.2) is 0 Å². The molecule has 124 valence electrons. The van der Waals surface area contributed by atoms with Gasteiger partial charge in [0.15, 0.2) is 5.16 Å². The van der Waals surface area contributed by atoms with E-state index in [1.54, 1.807) is 23.1 Å². The first-order valence-corrected chi connectivity index (χ1v) is 9.60. The second-order valence-corrected chi connectivity index (χ2v) is 7.96. The predicted octanol–water partition coefficient (Wildman–Crippen LogP) is 4.31. The van der Waals surface area contributed by atoms with Crippen LogP contribution in [0, 0.1) is 0 Å². The zero-order valence-electron chi connectivity index (χ0n) is 13.3. The van der Waals surface area contributed by atoms with Crippen LogP contribution >= 0.6 is 23.1 Å². The summed E-state index contributed by atoms with van der Waals surface area (Å²) in [7, 11) is 0. The summed E-state index contributed by atoms with van der Waals surface area (Å²) < 4.78 is 7.58. The lowest BCUT2D eigenvalue weighted by atomic mass is 10.4. The van der Waals surface area contributed by atoms with Gasteiger partial charge in [0.1, 0.15) is 5.82 Å². The molecule has 1 saturated carbocycles. The van der Waals surface area contributed by atoms with Crippen molar-refractivity contribution in [1.82, 2.24) is 24.9 Å². The Kier molecular flexibility index (Phi) is 4.24.